The second-order valence-corrected chi connectivity index (χ2v) is 5.09. The van der Waals surface area contributed by atoms with Crippen LogP contribution in [-0.2, 0) is 0 Å². The first-order valence-electron chi connectivity index (χ1n) is 6.18. The van der Waals surface area contributed by atoms with E-state index in [9.17, 15) is 0 Å². The van der Waals surface area contributed by atoms with Gasteiger partial charge in [-0.3, -0.25) is 0 Å². The Morgan fingerprint density at radius 3 is 2.35 bits per heavy atom. The van der Waals surface area contributed by atoms with Crippen molar-refractivity contribution in [2.75, 3.05) is 57.0 Å². The Labute approximate surface area is 103 Å². The van der Waals surface area contributed by atoms with E-state index < -0.39 is 0 Å². The number of nitrogen functional groups attached to an aromatic ring is 1. The van der Waals surface area contributed by atoms with Crippen LogP contribution >= 0.6 is 0 Å². The second-order valence-electron chi connectivity index (χ2n) is 5.09. The summed E-state index contributed by atoms with van der Waals surface area (Å²) < 4.78 is 0.974. The zero-order valence-electron chi connectivity index (χ0n) is 10.5. The first-order chi connectivity index (χ1) is 8.13. The second kappa shape index (κ2) is 4.94. The summed E-state index contributed by atoms with van der Waals surface area (Å²) in [5.41, 5.74) is 7.75. The molecule has 3 N–H and O–H groups in total. The van der Waals surface area contributed by atoms with E-state index in [2.05, 4.69) is 24.1 Å². The molecular weight excluding hydrogens is 214 g/mol. The number of benzene rings is 1. The first-order valence-corrected chi connectivity index (χ1v) is 6.18. The van der Waals surface area contributed by atoms with Gasteiger partial charge in [0.1, 0.15) is 6.54 Å². The standard InChI is InChI=1S/C13H22N3O/c1-16(10-11-17)8-6-15(7-9-16)13-4-2-12(14)3-5-13/h2-5,17H,6-11,14H2,1H3/q+1. The van der Waals surface area contributed by atoms with Gasteiger partial charge < -0.3 is 20.2 Å². The number of piperazine rings is 1. The summed E-state index contributed by atoms with van der Waals surface area (Å²) in [7, 11) is 2.22. The molecule has 17 heavy (non-hydrogen) atoms. The highest BCUT2D eigenvalue weighted by molar-refractivity contribution is 5.53. The topological polar surface area (TPSA) is 49.5 Å². The van der Waals surface area contributed by atoms with Crippen molar-refractivity contribution in [3.8, 4) is 0 Å². The predicted molar refractivity (Wildman–Crippen MR) is 70.9 cm³/mol. The fourth-order valence-corrected chi connectivity index (χ4v) is 2.36. The average molecular weight is 236 g/mol. The fourth-order valence-electron chi connectivity index (χ4n) is 2.36. The predicted octanol–water partition coefficient (Wildman–Crippen LogP) is 0.528. The number of rotatable bonds is 3. The first kappa shape index (κ1) is 12.2. The van der Waals surface area contributed by atoms with Crippen molar-refractivity contribution in [3.05, 3.63) is 24.3 Å². The third-order valence-corrected chi connectivity index (χ3v) is 3.72. The van der Waals surface area contributed by atoms with Crippen molar-refractivity contribution >= 4 is 11.4 Å². The van der Waals surface area contributed by atoms with E-state index >= 15 is 0 Å². The number of nitrogens with zero attached hydrogens (tertiary/aromatic N) is 2. The van der Waals surface area contributed by atoms with Gasteiger partial charge in [-0.15, -0.1) is 0 Å². The Balaban J connectivity index is 1.97. The molecule has 1 aromatic carbocycles. The van der Waals surface area contributed by atoms with E-state index in [1.165, 1.54) is 5.69 Å². The lowest BCUT2D eigenvalue weighted by molar-refractivity contribution is -0.910. The summed E-state index contributed by atoms with van der Waals surface area (Å²) in [5, 5.41) is 9.05. The summed E-state index contributed by atoms with van der Waals surface area (Å²) >= 11 is 0. The molecule has 1 aromatic rings. The maximum atomic E-state index is 9.05. The minimum absolute atomic E-state index is 0.276. The third-order valence-electron chi connectivity index (χ3n) is 3.72. The van der Waals surface area contributed by atoms with Gasteiger partial charge in [-0.1, -0.05) is 0 Å². The molecule has 1 fully saturated rings. The molecule has 0 aliphatic carbocycles. The Bertz CT molecular complexity index is 355. The summed E-state index contributed by atoms with van der Waals surface area (Å²) in [4.78, 5) is 2.39. The smallest absolute Gasteiger partial charge is 0.102 e. The number of aliphatic hydroxyl groups is 1. The van der Waals surface area contributed by atoms with Crippen LogP contribution in [0.15, 0.2) is 24.3 Å². The largest absolute Gasteiger partial charge is 0.399 e. The maximum Gasteiger partial charge on any atom is 0.102 e. The highest BCUT2D eigenvalue weighted by atomic mass is 16.3. The molecule has 0 spiro atoms. The summed E-state index contributed by atoms with van der Waals surface area (Å²) in [6.07, 6.45) is 0. The quantitative estimate of drug-likeness (QED) is 0.594. The van der Waals surface area contributed by atoms with Gasteiger partial charge in [-0.05, 0) is 24.3 Å². The number of quaternary nitrogens is 1. The van der Waals surface area contributed by atoms with Gasteiger partial charge in [-0.25, -0.2) is 0 Å². The van der Waals surface area contributed by atoms with Crippen molar-refractivity contribution in [2.24, 2.45) is 0 Å². The van der Waals surface area contributed by atoms with Crippen LogP contribution in [0.4, 0.5) is 11.4 Å². The molecule has 0 unspecified atom stereocenters. The van der Waals surface area contributed by atoms with Gasteiger partial charge in [0.05, 0.1) is 39.8 Å². The zero-order chi connectivity index (χ0) is 12.3. The molecule has 0 radical (unpaired) electrons. The van der Waals surface area contributed by atoms with Gasteiger partial charge >= 0.3 is 0 Å². The van der Waals surface area contributed by atoms with Crippen molar-refractivity contribution < 1.29 is 9.59 Å². The molecule has 0 bridgehead atoms. The zero-order valence-corrected chi connectivity index (χ0v) is 10.5. The van der Waals surface area contributed by atoms with Crippen molar-refractivity contribution in [1.29, 1.82) is 0 Å². The highest BCUT2D eigenvalue weighted by Gasteiger charge is 2.27. The Hall–Kier alpha value is -1.26. The Morgan fingerprint density at radius 2 is 1.82 bits per heavy atom. The van der Waals surface area contributed by atoms with Crippen LogP contribution < -0.4 is 10.6 Å². The van der Waals surface area contributed by atoms with Gasteiger partial charge in [0.2, 0.25) is 0 Å². The van der Waals surface area contributed by atoms with Crippen molar-refractivity contribution in [2.45, 2.75) is 0 Å². The number of aliphatic hydroxyl groups excluding tert-OH is 1. The van der Waals surface area contributed by atoms with Crippen LogP contribution in [0.3, 0.4) is 0 Å². The number of nitrogens with two attached hydrogens (primary N) is 1. The fraction of sp³-hybridized carbons (Fsp3) is 0.538. The lowest BCUT2D eigenvalue weighted by atomic mass is 10.2. The number of hydrogen-bond donors (Lipinski definition) is 2. The summed E-state index contributed by atoms with van der Waals surface area (Å²) in [6.45, 7) is 5.39. The minimum atomic E-state index is 0.276. The Kier molecular flexibility index (Phi) is 3.54. The number of likely N-dealkylation sites (N-methyl/N-ethyl adjacent to an activating group) is 1. The molecule has 1 aliphatic rings. The van der Waals surface area contributed by atoms with Crippen LogP contribution in [0.5, 0.6) is 0 Å². The van der Waals surface area contributed by atoms with Crippen molar-refractivity contribution in [3.63, 3.8) is 0 Å². The minimum Gasteiger partial charge on any atom is -0.399 e. The molecule has 2 rings (SSSR count). The van der Waals surface area contributed by atoms with Gasteiger partial charge in [0.15, 0.2) is 0 Å². The van der Waals surface area contributed by atoms with Crippen LogP contribution in [0.2, 0.25) is 0 Å². The maximum absolute atomic E-state index is 9.05. The molecule has 0 aromatic heterocycles. The van der Waals surface area contributed by atoms with E-state index in [0.29, 0.717) is 0 Å². The number of hydrogen-bond acceptors (Lipinski definition) is 3. The lowest BCUT2D eigenvalue weighted by Gasteiger charge is -2.42. The SMILES string of the molecule is C[N+]1(CCO)CCN(c2ccc(N)cc2)CC1. The number of anilines is 2. The molecule has 0 atom stereocenters. The van der Waals surface area contributed by atoms with Crippen LogP contribution in [0, 0.1) is 0 Å². The average Bonchev–Trinajstić information content (AvgIpc) is 2.31. The van der Waals surface area contributed by atoms with E-state index in [1.54, 1.807) is 0 Å². The Morgan fingerprint density at radius 1 is 1.24 bits per heavy atom. The molecule has 0 saturated carbocycles. The molecule has 1 aliphatic heterocycles. The lowest BCUT2D eigenvalue weighted by Crippen LogP contribution is -2.58. The molecule has 0 amide bonds. The van der Waals surface area contributed by atoms with Crippen LogP contribution in [0.25, 0.3) is 0 Å². The van der Waals surface area contributed by atoms with Crippen LogP contribution in [0.1, 0.15) is 0 Å². The normalized spacial score (nSPS) is 19.3. The summed E-state index contributed by atoms with van der Waals surface area (Å²) in [5.74, 6) is 0. The summed E-state index contributed by atoms with van der Waals surface area (Å²) in [6, 6.07) is 8.06. The molecule has 1 saturated heterocycles. The van der Waals surface area contributed by atoms with Crippen LogP contribution in [-0.4, -0.2) is 56.0 Å². The third kappa shape index (κ3) is 2.90. The van der Waals surface area contributed by atoms with E-state index in [4.69, 9.17) is 10.8 Å². The molecular formula is C13H22N3O+. The van der Waals surface area contributed by atoms with Gasteiger partial charge in [-0.2, -0.15) is 0 Å². The molecule has 1 heterocycles. The van der Waals surface area contributed by atoms with E-state index in [1.807, 2.05) is 12.1 Å². The molecule has 4 heteroatoms. The van der Waals surface area contributed by atoms with E-state index in [0.717, 1.165) is 42.9 Å². The molecule has 4 nitrogen and oxygen atoms in total. The monoisotopic (exact) mass is 236 g/mol. The van der Waals surface area contributed by atoms with Gasteiger partial charge in [0, 0.05) is 11.4 Å². The van der Waals surface area contributed by atoms with Crippen molar-refractivity contribution in [1.82, 2.24) is 0 Å². The molecule has 94 valence electrons. The van der Waals surface area contributed by atoms with Gasteiger partial charge in [0.25, 0.3) is 0 Å². The highest BCUT2D eigenvalue weighted by Crippen LogP contribution is 2.19. The van der Waals surface area contributed by atoms with E-state index in [-0.39, 0.29) is 6.61 Å².